The summed E-state index contributed by atoms with van der Waals surface area (Å²) in [5, 5.41) is 9.58. The summed E-state index contributed by atoms with van der Waals surface area (Å²) in [6, 6.07) is 47.8. The topological polar surface area (TPSA) is 0 Å². The molecule has 0 aliphatic rings. The van der Waals surface area contributed by atoms with Gasteiger partial charge in [-0.1, -0.05) is 105 Å². The van der Waals surface area contributed by atoms with Gasteiger partial charge in [0.2, 0.25) is 0 Å². The van der Waals surface area contributed by atoms with E-state index < -0.39 is 7.92 Å². The Bertz CT molecular complexity index is 1450. The van der Waals surface area contributed by atoms with Gasteiger partial charge in [0, 0.05) is 0 Å². The first-order valence-electron chi connectivity index (χ1n) is 12.6. The van der Waals surface area contributed by atoms with E-state index in [9.17, 15) is 0 Å². The van der Waals surface area contributed by atoms with Gasteiger partial charge in [-0.25, -0.2) is 0 Å². The van der Waals surface area contributed by atoms with Crippen molar-refractivity contribution >= 4 is 45.4 Å². The fraction of sp³-hybridized carbons (Fsp3) is 0.0556. The molecule has 2 heteroatoms. The van der Waals surface area contributed by atoms with Crippen molar-refractivity contribution in [1.82, 2.24) is 0 Å². The van der Waals surface area contributed by atoms with Crippen LogP contribution in [0.25, 0.3) is 21.5 Å². The first-order chi connectivity index (χ1) is 18.2. The Labute approximate surface area is 248 Å². The van der Waals surface area contributed by atoms with Crippen LogP contribution in [0, 0.1) is 6.92 Å². The molecule has 0 bridgehead atoms. The molecular formula is C36H33PZr. The minimum Gasteiger partial charge on any atom is -0.165 e. The van der Waals surface area contributed by atoms with Gasteiger partial charge in [0.25, 0.3) is 0 Å². The van der Waals surface area contributed by atoms with Gasteiger partial charge < -0.3 is 0 Å². The van der Waals surface area contributed by atoms with Crippen molar-refractivity contribution in [3.8, 4) is 0 Å². The van der Waals surface area contributed by atoms with Gasteiger partial charge in [-0.3, -0.25) is 0 Å². The smallest absolute Gasteiger partial charge is 0.165 e. The third-order valence-corrected chi connectivity index (χ3v) is 8.38. The molecule has 0 aliphatic carbocycles. The first kappa shape index (κ1) is 29.4. The predicted octanol–water partition coefficient (Wildman–Crippen LogP) is 8.93. The van der Waals surface area contributed by atoms with Gasteiger partial charge >= 0.3 is 26.2 Å². The second-order valence-corrected chi connectivity index (χ2v) is 11.0. The average Bonchev–Trinajstić information content (AvgIpc) is 3.54. The Hall–Kier alpha value is -3.11. The molecule has 0 saturated carbocycles. The van der Waals surface area contributed by atoms with E-state index in [4.69, 9.17) is 0 Å². The molecule has 0 amide bonds. The van der Waals surface area contributed by atoms with E-state index in [1.54, 1.807) is 6.08 Å². The molecule has 0 N–H and O–H groups in total. The summed E-state index contributed by atoms with van der Waals surface area (Å²) >= 11 is 0. The molecular weight excluding hydrogens is 555 g/mol. The summed E-state index contributed by atoms with van der Waals surface area (Å²) < 4.78 is 0. The van der Waals surface area contributed by atoms with E-state index in [1.165, 1.54) is 43.0 Å². The maximum atomic E-state index is 3.46. The maximum absolute atomic E-state index is 3.46. The third kappa shape index (κ3) is 7.95. The standard InChI is InChI=1S/C21H16P.C10H9.C5H8.Zr/c1-3-11-19(12-4-1)22(20-13-5-2-6-14-20)21-15-17-9-7-8-10-18(17)16-21;1-8-6-9-4-2-3-5-10(9)7-8;1-3-5-4-2;/h1-16H;2-7H,1H3;3-5H,1H2,2H3;/q2*-1;;+2. The molecule has 0 fully saturated rings. The molecule has 0 spiro atoms. The fourth-order valence-corrected chi connectivity index (χ4v) is 6.68. The maximum Gasteiger partial charge on any atom is 2.00 e. The van der Waals surface area contributed by atoms with Crippen LogP contribution >= 0.6 is 7.92 Å². The molecule has 0 aromatic heterocycles. The molecule has 0 radical (unpaired) electrons. The van der Waals surface area contributed by atoms with E-state index in [2.05, 4.69) is 147 Å². The van der Waals surface area contributed by atoms with Gasteiger partial charge in [0.05, 0.1) is 0 Å². The number of hydrogen-bond acceptors (Lipinski definition) is 0. The summed E-state index contributed by atoms with van der Waals surface area (Å²) in [6.45, 7) is 7.55. The zero-order valence-electron chi connectivity index (χ0n) is 22.1. The largest absolute Gasteiger partial charge is 2.00 e. The van der Waals surface area contributed by atoms with Crippen LogP contribution in [-0.2, 0) is 26.2 Å². The summed E-state index contributed by atoms with van der Waals surface area (Å²) in [6.07, 6.45) is 5.58. The number of rotatable bonds is 4. The number of aryl methyl sites for hydroxylation is 1. The average molecular weight is 588 g/mol. The van der Waals surface area contributed by atoms with Crippen LogP contribution in [0.4, 0.5) is 0 Å². The summed E-state index contributed by atoms with van der Waals surface area (Å²) in [5.74, 6) is 0. The molecule has 0 atom stereocenters. The molecule has 6 rings (SSSR count). The minimum absolute atomic E-state index is 0. The Balaban J connectivity index is 0.000000208. The molecule has 186 valence electrons. The monoisotopic (exact) mass is 586 g/mol. The number of allylic oxidation sites excluding steroid dienone is 3. The van der Waals surface area contributed by atoms with Crippen molar-refractivity contribution in [3.63, 3.8) is 0 Å². The van der Waals surface area contributed by atoms with Crippen molar-refractivity contribution in [2.45, 2.75) is 13.8 Å². The number of hydrogen-bond donors (Lipinski definition) is 0. The molecule has 6 aromatic rings. The van der Waals surface area contributed by atoms with Gasteiger partial charge in [0.15, 0.2) is 0 Å². The summed E-state index contributed by atoms with van der Waals surface area (Å²) in [4.78, 5) is 0. The van der Waals surface area contributed by atoms with Crippen LogP contribution in [0.3, 0.4) is 0 Å². The molecule has 38 heavy (non-hydrogen) atoms. The van der Waals surface area contributed by atoms with Crippen LogP contribution in [0.5, 0.6) is 0 Å². The Kier molecular flexibility index (Phi) is 11.9. The van der Waals surface area contributed by atoms with Gasteiger partial charge in [-0.05, 0) is 25.5 Å². The molecule has 0 nitrogen and oxygen atoms in total. The Morgan fingerprint density at radius 1 is 0.632 bits per heavy atom. The first-order valence-corrected chi connectivity index (χ1v) is 14.0. The second-order valence-electron chi connectivity index (χ2n) is 8.77. The molecule has 0 heterocycles. The zero-order valence-corrected chi connectivity index (χ0v) is 25.4. The van der Waals surface area contributed by atoms with Crippen LogP contribution in [0.15, 0.2) is 158 Å². The van der Waals surface area contributed by atoms with E-state index in [1.807, 2.05) is 19.1 Å². The van der Waals surface area contributed by atoms with E-state index in [0.29, 0.717) is 0 Å². The van der Waals surface area contributed by atoms with Gasteiger partial charge in [-0.2, -0.15) is 12.1 Å². The molecule has 0 saturated heterocycles. The number of fused-ring (bicyclic) bond motifs is 2. The van der Waals surface area contributed by atoms with E-state index in [-0.39, 0.29) is 26.2 Å². The second kappa shape index (κ2) is 15.3. The SMILES string of the molecule is C=CC=CC.Cc1cc2ccccc2[cH-]1.[Zr+2].c1ccc(P(c2ccccc2)c2cc3ccccc3[cH-]2)cc1. The van der Waals surface area contributed by atoms with Gasteiger partial charge in [-0.15, -0.1) is 80.9 Å². The zero-order chi connectivity index (χ0) is 25.9. The summed E-state index contributed by atoms with van der Waals surface area (Å²) in [7, 11) is -0.493. The Morgan fingerprint density at radius 2 is 1.11 bits per heavy atom. The molecule has 0 unspecified atom stereocenters. The van der Waals surface area contributed by atoms with Crippen molar-refractivity contribution in [2.75, 3.05) is 0 Å². The van der Waals surface area contributed by atoms with Crippen LogP contribution in [0.2, 0.25) is 0 Å². The third-order valence-electron chi connectivity index (χ3n) is 5.98. The summed E-state index contributed by atoms with van der Waals surface area (Å²) in [5.41, 5.74) is 1.35. The fourth-order valence-electron chi connectivity index (χ4n) is 4.31. The van der Waals surface area contributed by atoms with Crippen LogP contribution in [-0.4, -0.2) is 0 Å². The Morgan fingerprint density at radius 3 is 1.55 bits per heavy atom. The van der Waals surface area contributed by atoms with Gasteiger partial charge in [0.1, 0.15) is 0 Å². The van der Waals surface area contributed by atoms with Crippen LogP contribution < -0.4 is 15.9 Å². The van der Waals surface area contributed by atoms with Crippen molar-refractivity contribution in [1.29, 1.82) is 0 Å². The van der Waals surface area contributed by atoms with Crippen LogP contribution in [0.1, 0.15) is 12.5 Å². The van der Waals surface area contributed by atoms with Crippen molar-refractivity contribution < 1.29 is 26.2 Å². The normalized spacial score (nSPS) is 10.4. The molecule has 0 aliphatic heterocycles. The predicted molar refractivity (Wildman–Crippen MR) is 168 cm³/mol. The van der Waals surface area contributed by atoms with E-state index >= 15 is 0 Å². The van der Waals surface area contributed by atoms with E-state index in [0.717, 1.165) is 0 Å². The molecule has 6 aromatic carbocycles. The number of benzene rings is 4. The van der Waals surface area contributed by atoms with Crippen molar-refractivity contribution in [2.24, 2.45) is 0 Å². The quantitative estimate of drug-likeness (QED) is 0.110. The van der Waals surface area contributed by atoms with Crippen molar-refractivity contribution in [3.05, 3.63) is 164 Å². The minimum atomic E-state index is -0.493.